The molecule has 31 heavy (non-hydrogen) atoms. The number of carbonyl (C=O) groups excluding carboxylic acids is 1. The first-order valence-electron chi connectivity index (χ1n) is 11.1. The summed E-state index contributed by atoms with van der Waals surface area (Å²) in [6.45, 7) is 14.0. The number of piperazine rings is 1. The third-order valence-corrected chi connectivity index (χ3v) is 5.99. The number of benzene rings is 2. The van der Waals surface area contributed by atoms with Crippen LogP contribution in [0.5, 0.6) is 0 Å². The second-order valence-corrected chi connectivity index (χ2v) is 9.50. The van der Waals surface area contributed by atoms with Crippen molar-refractivity contribution >= 4 is 6.09 Å². The normalized spacial score (nSPS) is 18.8. The van der Waals surface area contributed by atoms with Crippen molar-refractivity contribution in [2.45, 2.75) is 38.5 Å². The first-order chi connectivity index (χ1) is 14.8. The van der Waals surface area contributed by atoms with Gasteiger partial charge in [0.05, 0.1) is 6.04 Å². The average molecular weight is 420 g/mol. The van der Waals surface area contributed by atoms with Crippen molar-refractivity contribution in [3.8, 4) is 0 Å². The van der Waals surface area contributed by atoms with E-state index in [2.05, 4.69) is 77.0 Å². The van der Waals surface area contributed by atoms with Crippen molar-refractivity contribution < 1.29 is 9.53 Å². The van der Waals surface area contributed by atoms with Gasteiger partial charge in [-0.25, -0.2) is 4.79 Å². The summed E-state index contributed by atoms with van der Waals surface area (Å²) >= 11 is 0. The lowest BCUT2D eigenvalue weighted by Gasteiger charge is -2.51. The van der Waals surface area contributed by atoms with Gasteiger partial charge < -0.3 is 4.74 Å². The third kappa shape index (κ3) is 5.00. The Morgan fingerprint density at radius 3 is 2.00 bits per heavy atom. The molecule has 0 N–H and O–H groups in total. The molecule has 2 aromatic carbocycles. The van der Waals surface area contributed by atoms with Crippen LogP contribution in [0.2, 0.25) is 0 Å². The van der Waals surface area contributed by atoms with Crippen LogP contribution >= 0.6 is 0 Å². The smallest absolute Gasteiger partial charge is 0.414 e. The van der Waals surface area contributed by atoms with E-state index in [0.29, 0.717) is 19.1 Å². The molecule has 1 amide bonds. The number of rotatable bonds is 4. The molecule has 0 aromatic heterocycles. The van der Waals surface area contributed by atoms with E-state index >= 15 is 0 Å². The van der Waals surface area contributed by atoms with Crippen LogP contribution in [0.25, 0.3) is 0 Å². The number of ether oxygens (including phenoxy) is 1. The van der Waals surface area contributed by atoms with Crippen LogP contribution in [0.4, 0.5) is 4.79 Å². The Morgan fingerprint density at radius 2 is 1.52 bits per heavy atom. The van der Waals surface area contributed by atoms with Gasteiger partial charge in [-0.2, -0.15) is 0 Å². The van der Waals surface area contributed by atoms with Gasteiger partial charge in [0.2, 0.25) is 0 Å². The van der Waals surface area contributed by atoms with Crippen molar-refractivity contribution in [3.63, 3.8) is 0 Å². The molecule has 2 aromatic rings. The molecule has 0 unspecified atom stereocenters. The van der Waals surface area contributed by atoms with Gasteiger partial charge in [-0.3, -0.25) is 14.7 Å². The Labute approximate surface area is 185 Å². The molecule has 164 valence electrons. The fraction of sp³-hybridized carbons (Fsp3) is 0.423. The summed E-state index contributed by atoms with van der Waals surface area (Å²) in [6.07, 6.45) is -0.291. The number of amides is 1. The Balaban J connectivity index is 1.38. The minimum absolute atomic E-state index is 0.268. The average Bonchev–Trinajstić information content (AvgIpc) is 2.70. The van der Waals surface area contributed by atoms with Crippen LogP contribution in [-0.2, 0) is 4.74 Å². The van der Waals surface area contributed by atoms with Gasteiger partial charge in [0, 0.05) is 44.5 Å². The molecule has 2 aliphatic heterocycles. The summed E-state index contributed by atoms with van der Waals surface area (Å²) < 4.78 is 5.53. The molecule has 0 spiro atoms. The number of carbonyl (C=O) groups is 1. The SMILES string of the molecule is C=C1CN(C2CN(C(c3ccccc3)c3ccccc3)C2)CCN1C(=O)OC(C)(C)C. The maximum atomic E-state index is 12.5. The van der Waals surface area contributed by atoms with E-state index in [1.165, 1.54) is 11.1 Å². The van der Waals surface area contributed by atoms with Crippen LogP contribution in [0, 0.1) is 0 Å². The summed E-state index contributed by atoms with van der Waals surface area (Å²) in [5, 5.41) is 0. The number of hydrogen-bond acceptors (Lipinski definition) is 4. The second kappa shape index (κ2) is 8.85. The van der Waals surface area contributed by atoms with Gasteiger partial charge in [0.25, 0.3) is 0 Å². The van der Waals surface area contributed by atoms with E-state index in [-0.39, 0.29) is 12.1 Å². The minimum atomic E-state index is -0.493. The van der Waals surface area contributed by atoms with Crippen LogP contribution in [0.15, 0.2) is 72.9 Å². The van der Waals surface area contributed by atoms with Crippen molar-refractivity contribution in [1.29, 1.82) is 0 Å². The van der Waals surface area contributed by atoms with Crippen LogP contribution in [0.3, 0.4) is 0 Å². The largest absolute Gasteiger partial charge is 0.443 e. The molecule has 5 nitrogen and oxygen atoms in total. The number of likely N-dealkylation sites (tertiary alicyclic amines) is 1. The van der Waals surface area contributed by atoms with Crippen molar-refractivity contribution in [2.75, 3.05) is 32.7 Å². The van der Waals surface area contributed by atoms with E-state index < -0.39 is 5.60 Å². The van der Waals surface area contributed by atoms with Crippen LogP contribution in [-0.4, -0.2) is 65.2 Å². The first-order valence-corrected chi connectivity index (χ1v) is 11.1. The molecule has 2 fully saturated rings. The van der Waals surface area contributed by atoms with Gasteiger partial charge in [0.15, 0.2) is 0 Å². The molecular weight excluding hydrogens is 386 g/mol. The van der Waals surface area contributed by atoms with Crippen molar-refractivity contribution in [1.82, 2.24) is 14.7 Å². The van der Waals surface area contributed by atoms with Gasteiger partial charge in [-0.1, -0.05) is 67.2 Å². The van der Waals surface area contributed by atoms with Gasteiger partial charge in [0.1, 0.15) is 5.60 Å². The quantitative estimate of drug-likeness (QED) is 0.730. The molecule has 2 heterocycles. The zero-order chi connectivity index (χ0) is 22.0. The highest BCUT2D eigenvalue weighted by molar-refractivity contribution is 5.70. The Hall–Kier alpha value is -2.63. The standard InChI is InChI=1S/C26H33N3O2/c1-20-17-27(15-16-29(20)25(30)31-26(2,3)4)23-18-28(19-23)24(21-11-7-5-8-12-21)22-13-9-6-10-14-22/h5-14,23-24H,1,15-19H2,2-4H3. The van der Waals surface area contributed by atoms with Gasteiger partial charge >= 0.3 is 6.09 Å². The van der Waals surface area contributed by atoms with Crippen LogP contribution in [0.1, 0.15) is 37.9 Å². The van der Waals surface area contributed by atoms with E-state index in [0.717, 1.165) is 25.3 Å². The summed E-state index contributed by atoms with van der Waals surface area (Å²) in [5.41, 5.74) is 2.98. The number of nitrogens with zero attached hydrogens (tertiary/aromatic N) is 3. The summed E-state index contributed by atoms with van der Waals surface area (Å²) in [4.78, 5) is 19.1. The monoisotopic (exact) mass is 419 g/mol. The Kier molecular flexibility index (Phi) is 6.17. The van der Waals surface area contributed by atoms with Crippen molar-refractivity contribution in [2.24, 2.45) is 0 Å². The summed E-state index contributed by atoms with van der Waals surface area (Å²) in [5.74, 6) is 0. The molecule has 2 aliphatic rings. The fourth-order valence-corrected chi connectivity index (χ4v) is 4.45. The lowest BCUT2D eigenvalue weighted by molar-refractivity contribution is -0.00822. The van der Waals surface area contributed by atoms with Gasteiger partial charge in [-0.15, -0.1) is 0 Å². The third-order valence-electron chi connectivity index (χ3n) is 5.99. The van der Waals surface area contributed by atoms with Gasteiger partial charge in [-0.05, 0) is 31.9 Å². The van der Waals surface area contributed by atoms with E-state index in [9.17, 15) is 4.79 Å². The zero-order valence-corrected chi connectivity index (χ0v) is 18.8. The highest BCUT2D eigenvalue weighted by Gasteiger charge is 2.39. The molecule has 0 bridgehead atoms. The fourth-order valence-electron chi connectivity index (χ4n) is 4.45. The lowest BCUT2D eigenvalue weighted by Crippen LogP contribution is -2.63. The molecule has 0 saturated carbocycles. The number of hydrogen-bond donors (Lipinski definition) is 0. The van der Waals surface area contributed by atoms with Crippen LogP contribution < -0.4 is 0 Å². The molecular formula is C26H33N3O2. The lowest BCUT2D eigenvalue weighted by atomic mass is 9.92. The van der Waals surface area contributed by atoms with E-state index in [1.807, 2.05) is 20.8 Å². The van der Waals surface area contributed by atoms with E-state index in [1.54, 1.807) is 4.90 Å². The topological polar surface area (TPSA) is 36.0 Å². The maximum absolute atomic E-state index is 12.5. The highest BCUT2D eigenvalue weighted by Crippen LogP contribution is 2.34. The molecule has 0 aliphatic carbocycles. The summed E-state index contributed by atoms with van der Waals surface area (Å²) in [7, 11) is 0. The predicted octanol–water partition coefficient (Wildman–Crippen LogP) is 4.53. The Bertz CT molecular complexity index is 862. The first kappa shape index (κ1) is 21.6. The minimum Gasteiger partial charge on any atom is -0.443 e. The second-order valence-electron chi connectivity index (χ2n) is 9.50. The summed E-state index contributed by atoms with van der Waals surface area (Å²) in [6, 6.07) is 22.2. The maximum Gasteiger partial charge on any atom is 0.414 e. The zero-order valence-electron chi connectivity index (χ0n) is 18.8. The van der Waals surface area contributed by atoms with E-state index in [4.69, 9.17) is 4.74 Å². The molecule has 4 rings (SSSR count). The highest BCUT2D eigenvalue weighted by atomic mass is 16.6. The van der Waals surface area contributed by atoms with Crippen molar-refractivity contribution in [3.05, 3.63) is 84.1 Å². The predicted molar refractivity (Wildman–Crippen MR) is 124 cm³/mol. The Morgan fingerprint density at radius 1 is 0.968 bits per heavy atom. The molecule has 2 saturated heterocycles. The molecule has 0 atom stereocenters. The molecule has 0 radical (unpaired) electrons. The molecule has 5 heteroatoms.